The average Bonchev–Trinajstić information content (AvgIpc) is 2.84. The molecular weight excluding hydrogens is 300 g/mol. The van der Waals surface area contributed by atoms with Gasteiger partial charge in [-0.15, -0.1) is 0 Å². The Balaban J connectivity index is 1.73. The van der Waals surface area contributed by atoms with Crippen molar-refractivity contribution in [1.82, 2.24) is 0 Å². The van der Waals surface area contributed by atoms with Crippen molar-refractivity contribution in [1.29, 1.82) is 0 Å². The topological polar surface area (TPSA) is 51.2 Å². The van der Waals surface area contributed by atoms with Crippen LogP contribution in [-0.2, 0) is 14.4 Å². The molecule has 0 heterocycles. The van der Waals surface area contributed by atoms with E-state index < -0.39 is 0 Å². The lowest BCUT2D eigenvalue weighted by Gasteiger charge is -2.57. The summed E-state index contributed by atoms with van der Waals surface area (Å²) >= 11 is 0. The second-order valence-electron chi connectivity index (χ2n) is 9.28. The first-order valence-corrected chi connectivity index (χ1v) is 9.52. The summed E-state index contributed by atoms with van der Waals surface area (Å²) < 4.78 is 0. The summed E-state index contributed by atoms with van der Waals surface area (Å²) in [6, 6.07) is 0. The smallest absolute Gasteiger partial charge is 0.155 e. The maximum absolute atomic E-state index is 13.3. The van der Waals surface area contributed by atoms with Crippen molar-refractivity contribution in [2.45, 2.75) is 59.3 Å². The summed E-state index contributed by atoms with van der Waals surface area (Å²) in [5.41, 5.74) is -0.301. The van der Waals surface area contributed by atoms with Crippen molar-refractivity contribution in [3.63, 3.8) is 0 Å². The summed E-state index contributed by atoms with van der Waals surface area (Å²) in [5.74, 6) is 2.10. The highest BCUT2D eigenvalue weighted by atomic mass is 16.1. The van der Waals surface area contributed by atoms with Crippen LogP contribution >= 0.6 is 0 Å². The summed E-state index contributed by atoms with van der Waals surface area (Å²) in [6.07, 6.45) is 9.03. The first kappa shape index (κ1) is 16.2. The molecule has 0 amide bonds. The molecule has 0 spiro atoms. The largest absolute Gasteiger partial charge is 0.300 e. The number of carbonyl (C=O) groups excluding carboxylic acids is 3. The van der Waals surface area contributed by atoms with E-state index in [0.717, 1.165) is 25.7 Å². The van der Waals surface area contributed by atoms with Crippen molar-refractivity contribution >= 4 is 17.3 Å². The zero-order chi connectivity index (χ0) is 17.3. The monoisotopic (exact) mass is 328 g/mol. The number of allylic oxidation sites excluding steroid dienone is 2. The van der Waals surface area contributed by atoms with Gasteiger partial charge < -0.3 is 0 Å². The molecule has 0 aromatic rings. The molecule has 0 bridgehead atoms. The zero-order valence-corrected chi connectivity index (χ0v) is 15.0. The Labute approximate surface area is 144 Å². The predicted octanol–water partition coefficient (Wildman–Crippen LogP) is 3.76. The average molecular weight is 328 g/mol. The van der Waals surface area contributed by atoms with Crippen LogP contribution in [0.5, 0.6) is 0 Å². The fraction of sp³-hybridized carbons (Fsp3) is 0.762. The van der Waals surface area contributed by atoms with Gasteiger partial charge in [0.1, 0.15) is 11.6 Å². The first-order chi connectivity index (χ1) is 11.3. The highest BCUT2D eigenvalue weighted by Gasteiger charge is 2.63. The Morgan fingerprint density at radius 3 is 2.58 bits per heavy atom. The molecule has 130 valence electrons. The van der Waals surface area contributed by atoms with Crippen LogP contribution in [0, 0.1) is 40.4 Å². The lowest BCUT2D eigenvalue weighted by atomic mass is 9.45. The molecule has 3 fully saturated rings. The zero-order valence-electron chi connectivity index (χ0n) is 15.0. The minimum atomic E-state index is -0.163. The molecule has 4 aliphatic rings. The van der Waals surface area contributed by atoms with E-state index in [1.54, 1.807) is 13.0 Å². The number of hydrogen-bond donors (Lipinski definition) is 0. The Bertz CT molecular complexity index is 647. The summed E-state index contributed by atoms with van der Waals surface area (Å²) in [4.78, 5) is 37.2. The molecule has 0 aliphatic heterocycles. The van der Waals surface area contributed by atoms with Gasteiger partial charge in [0.05, 0.1) is 0 Å². The van der Waals surface area contributed by atoms with E-state index in [1.165, 1.54) is 0 Å². The Hall–Kier alpha value is -1.25. The molecule has 24 heavy (non-hydrogen) atoms. The van der Waals surface area contributed by atoms with E-state index in [1.807, 2.05) is 0 Å². The third kappa shape index (κ3) is 1.99. The quantitative estimate of drug-likeness (QED) is 0.736. The van der Waals surface area contributed by atoms with Crippen molar-refractivity contribution < 1.29 is 14.4 Å². The molecule has 4 aliphatic carbocycles. The minimum absolute atomic E-state index is 0.0457. The third-order valence-corrected chi connectivity index (χ3v) is 8.22. The van der Waals surface area contributed by atoms with Crippen molar-refractivity contribution in [3.05, 3.63) is 12.2 Å². The van der Waals surface area contributed by atoms with E-state index in [4.69, 9.17) is 0 Å². The Kier molecular flexibility index (Phi) is 3.47. The molecule has 0 aromatic heterocycles. The second-order valence-corrected chi connectivity index (χ2v) is 9.28. The lowest BCUT2D eigenvalue weighted by molar-refractivity contribution is -0.152. The number of ketones is 3. The van der Waals surface area contributed by atoms with E-state index in [2.05, 4.69) is 19.9 Å². The molecule has 3 nitrogen and oxygen atoms in total. The molecule has 7 atom stereocenters. The SMILES string of the molecule is CC(=O)[C@H]1CC[C@H]2[C@@H]3CC[C@@H]4CC(=O)C=C[C@]4(C)[C@H]3C(=O)C[C@]12C. The van der Waals surface area contributed by atoms with Gasteiger partial charge in [-0.3, -0.25) is 14.4 Å². The Morgan fingerprint density at radius 2 is 1.88 bits per heavy atom. The maximum atomic E-state index is 13.3. The van der Waals surface area contributed by atoms with Gasteiger partial charge in [0.25, 0.3) is 0 Å². The normalized spacial score (nSPS) is 50.2. The number of carbonyl (C=O) groups is 3. The van der Waals surface area contributed by atoms with Gasteiger partial charge in [-0.1, -0.05) is 19.9 Å². The van der Waals surface area contributed by atoms with E-state index in [0.29, 0.717) is 36.4 Å². The van der Waals surface area contributed by atoms with Gasteiger partial charge in [-0.05, 0) is 67.3 Å². The van der Waals surface area contributed by atoms with Crippen LogP contribution in [0.15, 0.2) is 12.2 Å². The molecule has 0 radical (unpaired) electrons. The summed E-state index contributed by atoms with van der Waals surface area (Å²) in [7, 11) is 0. The molecular formula is C21H28O3. The molecule has 0 N–H and O–H groups in total. The van der Waals surface area contributed by atoms with Crippen LogP contribution < -0.4 is 0 Å². The summed E-state index contributed by atoms with van der Waals surface area (Å²) in [6.45, 7) is 6.09. The molecule has 3 saturated carbocycles. The van der Waals surface area contributed by atoms with E-state index in [-0.39, 0.29) is 34.2 Å². The molecule has 3 heteroatoms. The fourth-order valence-electron chi connectivity index (χ4n) is 7.13. The van der Waals surface area contributed by atoms with Crippen LogP contribution in [-0.4, -0.2) is 17.3 Å². The van der Waals surface area contributed by atoms with Gasteiger partial charge in [0, 0.05) is 24.7 Å². The number of fused-ring (bicyclic) bond motifs is 5. The predicted molar refractivity (Wildman–Crippen MR) is 91.2 cm³/mol. The van der Waals surface area contributed by atoms with E-state index in [9.17, 15) is 14.4 Å². The van der Waals surface area contributed by atoms with Crippen LogP contribution in [0.2, 0.25) is 0 Å². The number of rotatable bonds is 1. The fourth-order valence-corrected chi connectivity index (χ4v) is 7.13. The first-order valence-electron chi connectivity index (χ1n) is 9.52. The second kappa shape index (κ2) is 5.12. The maximum Gasteiger partial charge on any atom is 0.155 e. The molecule has 0 aromatic carbocycles. The third-order valence-electron chi connectivity index (χ3n) is 8.22. The van der Waals surface area contributed by atoms with Crippen molar-refractivity contribution in [2.75, 3.05) is 0 Å². The Morgan fingerprint density at radius 1 is 1.12 bits per heavy atom. The highest BCUT2D eigenvalue weighted by Crippen LogP contribution is 2.65. The van der Waals surface area contributed by atoms with Gasteiger partial charge >= 0.3 is 0 Å². The highest BCUT2D eigenvalue weighted by molar-refractivity contribution is 5.92. The van der Waals surface area contributed by atoms with Gasteiger partial charge in [-0.25, -0.2) is 0 Å². The van der Waals surface area contributed by atoms with Crippen LogP contribution in [0.25, 0.3) is 0 Å². The number of Topliss-reactive ketones (excluding diaryl/α,β-unsaturated/α-hetero) is 2. The van der Waals surface area contributed by atoms with Gasteiger partial charge in [0.15, 0.2) is 5.78 Å². The van der Waals surface area contributed by atoms with Crippen LogP contribution in [0.1, 0.15) is 59.3 Å². The molecule has 0 saturated heterocycles. The molecule has 0 unspecified atom stereocenters. The minimum Gasteiger partial charge on any atom is -0.300 e. The lowest BCUT2D eigenvalue weighted by Crippen LogP contribution is -2.56. The summed E-state index contributed by atoms with van der Waals surface area (Å²) in [5, 5.41) is 0. The van der Waals surface area contributed by atoms with Gasteiger partial charge in [0.2, 0.25) is 0 Å². The standard InChI is InChI=1S/C21H28O3/c1-12(22)16-6-7-17-15-5-4-13-10-14(23)8-9-20(13,2)19(15)18(24)11-21(16,17)3/h8-9,13,15-17,19H,4-7,10-11H2,1-3H3/t13-,15+,16-,17+,19-,20+,21-/m1/s1. The molecule has 4 rings (SSSR count). The van der Waals surface area contributed by atoms with Crippen molar-refractivity contribution in [2.24, 2.45) is 40.4 Å². The number of hydrogen-bond acceptors (Lipinski definition) is 3. The van der Waals surface area contributed by atoms with Crippen molar-refractivity contribution in [3.8, 4) is 0 Å². The van der Waals surface area contributed by atoms with Crippen LogP contribution in [0.3, 0.4) is 0 Å². The van der Waals surface area contributed by atoms with Crippen LogP contribution in [0.4, 0.5) is 0 Å². The van der Waals surface area contributed by atoms with E-state index >= 15 is 0 Å². The van der Waals surface area contributed by atoms with Gasteiger partial charge in [-0.2, -0.15) is 0 Å².